The third-order valence-corrected chi connectivity index (χ3v) is 4.15. The first-order chi connectivity index (χ1) is 10.8. The number of pyridine rings is 1. The Bertz CT molecular complexity index is 805. The van der Waals surface area contributed by atoms with E-state index < -0.39 is 0 Å². The van der Waals surface area contributed by atoms with E-state index in [0.29, 0.717) is 0 Å². The SMILES string of the molecule is Oc1cccc(-n2c(C3CCCCN3)nc3cccnc32)c1. The molecule has 1 unspecified atom stereocenters. The second-order valence-electron chi connectivity index (χ2n) is 5.67. The molecule has 1 aliphatic heterocycles. The molecule has 0 bridgehead atoms. The van der Waals surface area contributed by atoms with Crippen molar-refractivity contribution in [3.05, 3.63) is 48.4 Å². The number of rotatable bonds is 2. The van der Waals surface area contributed by atoms with Crippen LogP contribution in [0, 0.1) is 0 Å². The van der Waals surface area contributed by atoms with Crippen molar-refractivity contribution >= 4 is 11.2 Å². The fraction of sp³-hybridized carbons (Fsp3) is 0.294. The molecule has 2 N–H and O–H groups in total. The van der Waals surface area contributed by atoms with Crippen LogP contribution in [0.2, 0.25) is 0 Å². The molecular weight excluding hydrogens is 276 g/mol. The molecule has 1 saturated heterocycles. The van der Waals surface area contributed by atoms with E-state index in [1.165, 1.54) is 12.8 Å². The van der Waals surface area contributed by atoms with E-state index in [2.05, 4.69) is 14.9 Å². The van der Waals surface area contributed by atoms with E-state index in [9.17, 15) is 5.11 Å². The maximum atomic E-state index is 9.82. The summed E-state index contributed by atoms with van der Waals surface area (Å²) in [5.74, 6) is 1.22. The Morgan fingerprint density at radius 1 is 1.18 bits per heavy atom. The molecule has 5 nitrogen and oxygen atoms in total. The number of aromatic hydroxyl groups is 1. The van der Waals surface area contributed by atoms with E-state index in [-0.39, 0.29) is 11.8 Å². The number of piperidine rings is 1. The zero-order chi connectivity index (χ0) is 14.9. The van der Waals surface area contributed by atoms with Gasteiger partial charge in [-0.2, -0.15) is 0 Å². The number of hydrogen-bond acceptors (Lipinski definition) is 4. The number of hydrogen-bond donors (Lipinski definition) is 2. The number of phenolic OH excluding ortho intramolecular Hbond substituents is 1. The fourth-order valence-corrected chi connectivity index (χ4v) is 3.12. The molecule has 0 amide bonds. The molecule has 2 aromatic heterocycles. The van der Waals surface area contributed by atoms with Crippen LogP contribution in [0.5, 0.6) is 5.75 Å². The van der Waals surface area contributed by atoms with Crippen LogP contribution >= 0.6 is 0 Å². The lowest BCUT2D eigenvalue weighted by Crippen LogP contribution is -2.29. The Hall–Kier alpha value is -2.40. The first-order valence-corrected chi connectivity index (χ1v) is 7.69. The standard InChI is InChI=1S/C17H18N4O/c22-13-6-3-5-12(11-13)21-16-15(8-4-10-19-16)20-17(21)14-7-1-2-9-18-14/h3-6,8,10-11,14,18,22H,1-2,7,9H2. The van der Waals surface area contributed by atoms with Gasteiger partial charge in [0.1, 0.15) is 17.1 Å². The number of aromatic nitrogens is 3. The Labute approximate surface area is 128 Å². The van der Waals surface area contributed by atoms with E-state index in [1.54, 1.807) is 18.3 Å². The quantitative estimate of drug-likeness (QED) is 0.763. The Morgan fingerprint density at radius 2 is 2.14 bits per heavy atom. The van der Waals surface area contributed by atoms with E-state index in [1.807, 2.05) is 24.3 Å². The van der Waals surface area contributed by atoms with Crippen LogP contribution in [0.15, 0.2) is 42.6 Å². The molecule has 3 aromatic rings. The molecule has 0 radical (unpaired) electrons. The maximum Gasteiger partial charge on any atom is 0.164 e. The Balaban J connectivity index is 1.93. The van der Waals surface area contributed by atoms with Gasteiger partial charge in [-0.25, -0.2) is 9.97 Å². The van der Waals surface area contributed by atoms with Crippen molar-refractivity contribution in [3.63, 3.8) is 0 Å². The topological polar surface area (TPSA) is 63.0 Å². The summed E-state index contributed by atoms with van der Waals surface area (Å²) in [7, 11) is 0. The lowest BCUT2D eigenvalue weighted by Gasteiger charge is -2.23. The van der Waals surface area contributed by atoms with Gasteiger partial charge in [-0.15, -0.1) is 0 Å². The largest absolute Gasteiger partial charge is 0.508 e. The molecule has 1 atom stereocenters. The normalized spacial score (nSPS) is 18.6. The van der Waals surface area contributed by atoms with Gasteiger partial charge in [0.05, 0.1) is 11.7 Å². The van der Waals surface area contributed by atoms with Crippen molar-refractivity contribution in [1.82, 2.24) is 19.9 Å². The zero-order valence-corrected chi connectivity index (χ0v) is 12.2. The van der Waals surface area contributed by atoms with E-state index in [4.69, 9.17) is 4.98 Å². The molecule has 4 rings (SSSR count). The molecular formula is C17H18N4O. The Morgan fingerprint density at radius 3 is 2.95 bits per heavy atom. The van der Waals surface area contributed by atoms with Gasteiger partial charge in [-0.1, -0.05) is 12.5 Å². The van der Waals surface area contributed by atoms with Gasteiger partial charge >= 0.3 is 0 Å². The van der Waals surface area contributed by atoms with Gasteiger partial charge in [-0.05, 0) is 43.7 Å². The molecule has 0 saturated carbocycles. The number of fused-ring (bicyclic) bond motifs is 1. The van der Waals surface area contributed by atoms with Crippen molar-refractivity contribution < 1.29 is 5.11 Å². The van der Waals surface area contributed by atoms with Gasteiger partial charge < -0.3 is 10.4 Å². The average molecular weight is 294 g/mol. The molecule has 3 heterocycles. The van der Waals surface area contributed by atoms with Crippen LogP contribution in [0.4, 0.5) is 0 Å². The molecule has 1 aliphatic rings. The number of imidazole rings is 1. The van der Waals surface area contributed by atoms with Crippen molar-refractivity contribution in [2.24, 2.45) is 0 Å². The van der Waals surface area contributed by atoms with Gasteiger partial charge in [0.2, 0.25) is 0 Å². The molecule has 1 fully saturated rings. The number of phenols is 1. The average Bonchev–Trinajstić information content (AvgIpc) is 2.95. The highest BCUT2D eigenvalue weighted by Gasteiger charge is 2.23. The summed E-state index contributed by atoms with van der Waals surface area (Å²) in [5, 5.41) is 13.4. The predicted octanol–water partition coefficient (Wildman–Crippen LogP) is 2.94. The molecule has 5 heteroatoms. The second kappa shape index (κ2) is 5.42. The van der Waals surface area contributed by atoms with Crippen molar-refractivity contribution in [2.75, 3.05) is 6.54 Å². The molecule has 0 spiro atoms. The minimum atomic E-state index is 0.227. The van der Waals surface area contributed by atoms with Crippen molar-refractivity contribution in [2.45, 2.75) is 25.3 Å². The smallest absolute Gasteiger partial charge is 0.164 e. The van der Waals surface area contributed by atoms with E-state index >= 15 is 0 Å². The zero-order valence-electron chi connectivity index (χ0n) is 12.2. The maximum absolute atomic E-state index is 9.82. The van der Waals surface area contributed by atoms with Gasteiger partial charge in [0.15, 0.2) is 5.65 Å². The first kappa shape index (κ1) is 13.3. The summed E-state index contributed by atoms with van der Waals surface area (Å²) in [6.07, 6.45) is 5.26. The minimum Gasteiger partial charge on any atom is -0.508 e. The van der Waals surface area contributed by atoms with Crippen molar-refractivity contribution in [3.8, 4) is 11.4 Å². The lowest BCUT2D eigenvalue weighted by atomic mass is 10.0. The van der Waals surface area contributed by atoms with Gasteiger partial charge in [0, 0.05) is 12.3 Å². The molecule has 0 aliphatic carbocycles. The molecule has 22 heavy (non-hydrogen) atoms. The van der Waals surface area contributed by atoms with Crippen LogP contribution in [-0.4, -0.2) is 26.2 Å². The monoisotopic (exact) mass is 294 g/mol. The summed E-state index contributed by atoms with van der Waals surface area (Å²) >= 11 is 0. The summed E-state index contributed by atoms with van der Waals surface area (Å²) < 4.78 is 2.05. The number of nitrogens with one attached hydrogen (secondary N) is 1. The minimum absolute atomic E-state index is 0.227. The second-order valence-corrected chi connectivity index (χ2v) is 5.67. The van der Waals surface area contributed by atoms with Crippen molar-refractivity contribution in [1.29, 1.82) is 0 Å². The van der Waals surface area contributed by atoms with Gasteiger partial charge in [-0.3, -0.25) is 4.57 Å². The summed E-state index contributed by atoms with van der Waals surface area (Å²) in [5.41, 5.74) is 2.60. The van der Waals surface area contributed by atoms with Crippen LogP contribution < -0.4 is 5.32 Å². The third kappa shape index (κ3) is 2.23. The van der Waals surface area contributed by atoms with E-state index in [0.717, 1.165) is 35.6 Å². The highest BCUT2D eigenvalue weighted by Crippen LogP contribution is 2.29. The number of benzene rings is 1. The van der Waals surface area contributed by atoms with Crippen LogP contribution in [0.25, 0.3) is 16.9 Å². The van der Waals surface area contributed by atoms with Crippen LogP contribution in [0.3, 0.4) is 0 Å². The predicted molar refractivity (Wildman–Crippen MR) is 85.1 cm³/mol. The summed E-state index contributed by atoms with van der Waals surface area (Å²) in [4.78, 5) is 9.29. The molecule has 1 aromatic carbocycles. The highest BCUT2D eigenvalue weighted by molar-refractivity contribution is 5.74. The third-order valence-electron chi connectivity index (χ3n) is 4.15. The highest BCUT2D eigenvalue weighted by atomic mass is 16.3. The van der Waals surface area contributed by atoms with Crippen LogP contribution in [-0.2, 0) is 0 Å². The Kier molecular flexibility index (Phi) is 3.27. The fourth-order valence-electron chi connectivity index (χ4n) is 3.12. The van der Waals surface area contributed by atoms with Crippen LogP contribution in [0.1, 0.15) is 31.1 Å². The number of nitrogens with zero attached hydrogens (tertiary/aromatic N) is 3. The van der Waals surface area contributed by atoms with Gasteiger partial charge in [0.25, 0.3) is 0 Å². The first-order valence-electron chi connectivity index (χ1n) is 7.69. The molecule has 112 valence electrons. The lowest BCUT2D eigenvalue weighted by molar-refractivity contribution is 0.395. The summed E-state index contributed by atoms with van der Waals surface area (Å²) in [6, 6.07) is 11.4. The summed E-state index contributed by atoms with van der Waals surface area (Å²) in [6.45, 7) is 1.02.